The zero-order valence-corrected chi connectivity index (χ0v) is 14.5. The number of primary sulfonamides is 1. The normalized spacial score (nSPS) is 11.8. The number of aromatic amines is 1. The van der Waals surface area contributed by atoms with Crippen LogP contribution in [0.3, 0.4) is 0 Å². The van der Waals surface area contributed by atoms with Crippen molar-refractivity contribution < 1.29 is 13.2 Å². The molecule has 0 spiro atoms. The Morgan fingerprint density at radius 3 is 2.54 bits per heavy atom. The molecule has 3 rings (SSSR count). The predicted molar refractivity (Wildman–Crippen MR) is 94.8 cm³/mol. The fourth-order valence-electron chi connectivity index (χ4n) is 2.85. The number of nitrogens with one attached hydrogen (secondary N) is 1. The number of benzene rings is 2. The van der Waals surface area contributed by atoms with E-state index in [4.69, 9.17) is 9.88 Å². The first-order valence-electron chi connectivity index (χ1n) is 7.65. The van der Waals surface area contributed by atoms with Gasteiger partial charge in [0, 0.05) is 17.1 Å². The van der Waals surface area contributed by atoms with E-state index in [0.29, 0.717) is 0 Å². The number of H-pyrrole nitrogens is 1. The number of fused-ring (bicyclic) bond motifs is 1. The molecule has 0 fully saturated rings. The molecule has 0 amide bonds. The number of ether oxygens (including phenoxy) is 1. The number of methoxy groups -OCH3 is 1. The van der Waals surface area contributed by atoms with E-state index in [1.165, 1.54) is 5.56 Å². The molecule has 1 aromatic heterocycles. The van der Waals surface area contributed by atoms with E-state index in [0.717, 1.165) is 40.6 Å². The lowest BCUT2D eigenvalue weighted by Crippen LogP contribution is -2.12. The number of rotatable bonds is 5. The van der Waals surface area contributed by atoms with Crippen molar-refractivity contribution in [3.05, 3.63) is 59.3 Å². The van der Waals surface area contributed by atoms with Crippen LogP contribution in [0.2, 0.25) is 0 Å². The molecule has 3 aromatic rings. The summed E-state index contributed by atoms with van der Waals surface area (Å²) in [6, 6.07) is 10.9. The van der Waals surface area contributed by atoms with Gasteiger partial charge in [0.05, 0.1) is 12.0 Å². The number of aryl methyl sites for hydroxylation is 3. The quantitative estimate of drug-likeness (QED) is 0.746. The van der Waals surface area contributed by atoms with Gasteiger partial charge in [-0.2, -0.15) is 0 Å². The van der Waals surface area contributed by atoms with Crippen LogP contribution in [0.25, 0.3) is 10.9 Å². The molecule has 126 valence electrons. The number of nitrogens with two attached hydrogens (primary N) is 1. The van der Waals surface area contributed by atoms with Crippen LogP contribution in [-0.2, 0) is 22.9 Å². The van der Waals surface area contributed by atoms with E-state index in [1.54, 1.807) is 25.3 Å². The first-order valence-corrected chi connectivity index (χ1v) is 9.19. The third kappa shape index (κ3) is 3.29. The van der Waals surface area contributed by atoms with Crippen molar-refractivity contribution in [1.82, 2.24) is 4.98 Å². The summed E-state index contributed by atoms with van der Waals surface area (Å²) in [5.41, 5.74) is 4.27. The minimum Gasteiger partial charge on any atom is -0.497 e. The summed E-state index contributed by atoms with van der Waals surface area (Å²) in [6.07, 6.45) is 3.52. The monoisotopic (exact) mass is 344 g/mol. The van der Waals surface area contributed by atoms with Crippen molar-refractivity contribution in [1.29, 1.82) is 0 Å². The van der Waals surface area contributed by atoms with E-state index >= 15 is 0 Å². The van der Waals surface area contributed by atoms with Crippen molar-refractivity contribution >= 4 is 20.9 Å². The first kappa shape index (κ1) is 16.5. The van der Waals surface area contributed by atoms with Crippen molar-refractivity contribution in [3.63, 3.8) is 0 Å². The zero-order chi connectivity index (χ0) is 17.3. The lowest BCUT2D eigenvalue weighted by Gasteiger charge is -2.08. The van der Waals surface area contributed by atoms with Crippen LogP contribution < -0.4 is 9.88 Å². The highest BCUT2D eigenvalue weighted by molar-refractivity contribution is 7.89. The number of aromatic nitrogens is 1. The van der Waals surface area contributed by atoms with Crippen LogP contribution in [-0.4, -0.2) is 20.5 Å². The van der Waals surface area contributed by atoms with Gasteiger partial charge >= 0.3 is 0 Å². The van der Waals surface area contributed by atoms with E-state index < -0.39 is 10.0 Å². The van der Waals surface area contributed by atoms with E-state index in [-0.39, 0.29) is 4.90 Å². The summed E-state index contributed by atoms with van der Waals surface area (Å²) in [5.74, 6) is 0.816. The molecular weight excluding hydrogens is 324 g/mol. The zero-order valence-electron chi connectivity index (χ0n) is 13.7. The Morgan fingerprint density at radius 1 is 1.08 bits per heavy atom. The van der Waals surface area contributed by atoms with Gasteiger partial charge in [-0.05, 0) is 66.8 Å². The molecule has 0 aliphatic rings. The first-order chi connectivity index (χ1) is 11.4. The summed E-state index contributed by atoms with van der Waals surface area (Å²) >= 11 is 0. The van der Waals surface area contributed by atoms with Crippen molar-refractivity contribution in [2.24, 2.45) is 5.14 Å². The highest BCUT2D eigenvalue weighted by atomic mass is 32.2. The topological polar surface area (TPSA) is 85.2 Å². The SMILES string of the molecule is COc1ccc2[nH]cc(CCc3cc(S(N)(=O)=O)ccc3C)c2c1. The number of sulfonamides is 1. The third-order valence-corrected chi connectivity index (χ3v) is 5.20. The minimum absolute atomic E-state index is 0.156. The Kier molecular flexibility index (Phi) is 4.34. The molecule has 0 atom stereocenters. The Hall–Kier alpha value is -2.31. The van der Waals surface area contributed by atoms with Gasteiger partial charge in [0.25, 0.3) is 0 Å². The molecule has 0 saturated heterocycles. The maximum Gasteiger partial charge on any atom is 0.238 e. The second-order valence-corrected chi connectivity index (χ2v) is 7.42. The fourth-order valence-corrected chi connectivity index (χ4v) is 3.42. The van der Waals surface area contributed by atoms with Crippen LogP contribution in [0.5, 0.6) is 5.75 Å². The molecule has 0 saturated carbocycles. The smallest absolute Gasteiger partial charge is 0.238 e. The number of hydrogen-bond donors (Lipinski definition) is 2. The molecule has 3 N–H and O–H groups in total. The van der Waals surface area contributed by atoms with Crippen LogP contribution in [0, 0.1) is 6.92 Å². The van der Waals surface area contributed by atoms with Gasteiger partial charge in [0.1, 0.15) is 5.75 Å². The number of hydrogen-bond acceptors (Lipinski definition) is 3. The fraction of sp³-hybridized carbons (Fsp3) is 0.222. The molecule has 0 unspecified atom stereocenters. The molecule has 2 aromatic carbocycles. The van der Waals surface area contributed by atoms with Gasteiger partial charge in [0.15, 0.2) is 0 Å². The van der Waals surface area contributed by atoms with Gasteiger partial charge in [-0.15, -0.1) is 0 Å². The summed E-state index contributed by atoms with van der Waals surface area (Å²) < 4.78 is 28.4. The highest BCUT2D eigenvalue weighted by Crippen LogP contribution is 2.25. The second-order valence-electron chi connectivity index (χ2n) is 5.86. The van der Waals surface area contributed by atoms with Crippen LogP contribution in [0.1, 0.15) is 16.7 Å². The molecular formula is C18H20N2O3S. The molecule has 6 heteroatoms. The van der Waals surface area contributed by atoms with Crippen molar-refractivity contribution in [3.8, 4) is 5.75 Å². The van der Waals surface area contributed by atoms with Gasteiger partial charge in [-0.3, -0.25) is 0 Å². The molecule has 0 radical (unpaired) electrons. The molecule has 0 bridgehead atoms. The largest absolute Gasteiger partial charge is 0.497 e. The molecule has 0 aliphatic carbocycles. The molecule has 0 aliphatic heterocycles. The third-order valence-electron chi connectivity index (χ3n) is 4.29. The summed E-state index contributed by atoms with van der Waals surface area (Å²) in [7, 11) is -2.03. The standard InChI is InChI=1S/C18H20N2O3S/c1-12-3-7-16(24(19,21)22)9-13(12)4-5-14-11-20-18-8-6-15(23-2)10-17(14)18/h3,6-11,20H,4-5H2,1-2H3,(H2,19,21,22). The average molecular weight is 344 g/mol. The maximum atomic E-state index is 11.5. The van der Waals surface area contributed by atoms with Gasteiger partial charge in [0.2, 0.25) is 10.0 Å². The lowest BCUT2D eigenvalue weighted by atomic mass is 10.0. The Labute approximate surface area is 141 Å². The minimum atomic E-state index is -3.68. The summed E-state index contributed by atoms with van der Waals surface area (Å²) in [5, 5.41) is 6.35. The maximum absolute atomic E-state index is 11.5. The van der Waals surface area contributed by atoms with Gasteiger partial charge in [-0.25, -0.2) is 13.6 Å². The Balaban J connectivity index is 1.88. The molecule has 5 nitrogen and oxygen atoms in total. The summed E-state index contributed by atoms with van der Waals surface area (Å²) in [6.45, 7) is 1.97. The van der Waals surface area contributed by atoms with Gasteiger partial charge in [-0.1, -0.05) is 6.07 Å². The van der Waals surface area contributed by atoms with E-state index in [9.17, 15) is 8.42 Å². The van der Waals surface area contributed by atoms with Crippen LogP contribution in [0.4, 0.5) is 0 Å². The molecule has 1 heterocycles. The second kappa shape index (κ2) is 6.30. The summed E-state index contributed by atoms with van der Waals surface area (Å²) in [4.78, 5) is 3.41. The Bertz CT molecular complexity index is 991. The van der Waals surface area contributed by atoms with Crippen molar-refractivity contribution in [2.75, 3.05) is 7.11 Å². The van der Waals surface area contributed by atoms with Crippen LogP contribution >= 0.6 is 0 Å². The lowest BCUT2D eigenvalue weighted by molar-refractivity contribution is 0.415. The van der Waals surface area contributed by atoms with Crippen molar-refractivity contribution in [2.45, 2.75) is 24.7 Å². The predicted octanol–water partition coefficient (Wildman–Crippen LogP) is 2.92. The average Bonchev–Trinajstić information content (AvgIpc) is 2.95. The van der Waals surface area contributed by atoms with Crippen LogP contribution in [0.15, 0.2) is 47.5 Å². The van der Waals surface area contributed by atoms with Gasteiger partial charge < -0.3 is 9.72 Å². The van der Waals surface area contributed by atoms with E-state index in [2.05, 4.69) is 4.98 Å². The van der Waals surface area contributed by atoms with E-state index in [1.807, 2.05) is 31.3 Å². The highest BCUT2D eigenvalue weighted by Gasteiger charge is 2.11. The molecule has 24 heavy (non-hydrogen) atoms. The Morgan fingerprint density at radius 2 is 1.83 bits per heavy atom.